The van der Waals surface area contributed by atoms with Crippen molar-refractivity contribution < 1.29 is 8.42 Å². The highest BCUT2D eigenvalue weighted by molar-refractivity contribution is 7.92. The summed E-state index contributed by atoms with van der Waals surface area (Å²) in [4.78, 5) is 1.31. The summed E-state index contributed by atoms with van der Waals surface area (Å²) >= 11 is 7.68. The lowest BCUT2D eigenvalue weighted by molar-refractivity contribution is 0.607. The Kier molecular flexibility index (Phi) is 3.86. The Balaban J connectivity index is 1.86. The van der Waals surface area contributed by atoms with Crippen LogP contribution in [-0.2, 0) is 16.4 Å². The van der Waals surface area contributed by atoms with Crippen molar-refractivity contribution in [3.05, 3.63) is 45.1 Å². The van der Waals surface area contributed by atoms with Gasteiger partial charge in [-0.15, -0.1) is 11.3 Å². The third-order valence-electron chi connectivity index (χ3n) is 3.40. The molecule has 2 N–H and O–H groups in total. The lowest BCUT2D eigenvalue weighted by Crippen LogP contribution is -2.13. The normalized spacial score (nSPS) is 17.5. The lowest BCUT2D eigenvalue weighted by Gasteiger charge is -2.18. The molecule has 0 spiro atoms. The van der Waals surface area contributed by atoms with Crippen molar-refractivity contribution in [2.24, 2.45) is 0 Å². The van der Waals surface area contributed by atoms with Crippen LogP contribution in [0.5, 0.6) is 0 Å². The van der Waals surface area contributed by atoms with Crippen molar-refractivity contribution in [1.82, 2.24) is 0 Å². The van der Waals surface area contributed by atoms with Gasteiger partial charge in [0.15, 0.2) is 0 Å². The van der Waals surface area contributed by atoms with E-state index in [0.717, 1.165) is 29.1 Å². The molecule has 0 saturated heterocycles. The fraction of sp³-hybridized carbons (Fsp3) is 0.286. The number of halogens is 1. The maximum Gasteiger partial charge on any atom is 0.229 e. The zero-order valence-electron chi connectivity index (χ0n) is 11.4. The zero-order valence-corrected chi connectivity index (χ0v) is 13.8. The van der Waals surface area contributed by atoms with Crippen molar-refractivity contribution in [2.75, 3.05) is 16.3 Å². The summed E-state index contributed by atoms with van der Waals surface area (Å²) in [6.07, 6.45) is 3.15. The van der Waals surface area contributed by atoms with E-state index < -0.39 is 10.0 Å². The number of sulfonamides is 1. The Bertz CT molecular complexity index is 771. The van der Waals surface area contributed by atoms with E-state index in [4.69, 9.17) is 11.6 Å². The number of rotatable bonds is 4. The van der Waals surface area contributed by atoms with Gasteiger partial charge in [0.2, 0.25) is 10.0 Å². The van der Waals surface area contributed by atoms with E-state index in [1.54, 1.807) is 23.5 Å². The minimum atomic E-state index is -3.30. The summed E-state index contributed by atoms with van der Waals surface area (Å²) in [5.41, 5.74) is 2.57. The molecule has 0 fully saturated rings. The molecular weight excluding hydrogens is 328 g/mol. The van der Waals surface area contributed by atoms with Crippen LogP contribution in [0, 0.1) is 0 Å². The monoisotopic (exact) mass is 342 g/mol. The van der Waals surface area contributed by atoms with Gasteiger partial charge in [0.1, 0.15) is 0 Å². The fourth-order valence-corrected chi connectivity index (χ4v) is 4.50. The SMILES string of the molecule is CS(=O)(=O)Nc1ccccc1NC1CCc2sc(Cl)cc21. The minimum absolute atomic E-state index is 0.172. The van der Waals surface area contributed by atoms with Crippen LogP contribution < -0.4 is 10.0 Å². The highest BCUT2D eigenvalue weighted by atomic mass is 35.5. The van der Waals surface area contributed by atoms with Crippen LogP contribution in [0.3, 0.4) is 0 Å². The van der Waals surface area contributed by atoms with E-state index >= 15 is 0 Å². The van der Waals surface area contributed by atoms with Crippen molar-refractivity contribution in [3.8, 4) is 0 Å². The molecule has 1 aromatic heterocycles. The average molecular weight is 343 g/mol. The van der Waals surface area contributed by atoms with E-state index in [-0.39, 0.29) is 6.04 Å². The number of para-hydroxylation sites is 2. The number of fused-ring (bicyclic) bond motifs is 1. The van der Waals surface area contributed by atoms with Crippen LogP contribution in [0.2, 0.25) is 4.34 Å². The number of benzene rings is 1. The summed E-state index contributed by atoms with van der Waals surface area (Å²) < 4.78 is 26.2. The third kappa shape index (κ3) is 3.33. The van der Waals surface area contributed by atoms with Crippen LogP contribution in [0.15, 0.2) is 30.3 Å². The Labute approximate surface area is 133 Å². The highest BCUT2D eigenvalue weighted by Crippen LogP contribution is 2.41. The van der Waals surface area contributed by atoms with Gasteiger partial charge in [-0.05, 0) is 36.6 Å². The van der Waals surface area contributed by atoms with E-state index in [9.17, 15) is 8.42 Å². The standard InChI is InChI=1S/C14H15ClN2O2S2/c1-21(18,19)17-12-5-3-2-4-11(12)16-10-6-7-13-9(10)8-14(15)20-13/h2-5,8,10,16-17H,6-7H2,1H3. The quantitative estimate of drug-likeness (QED) is 0.886. The van der Waals surface area contributed by atoms with Gasteiger partial charge < -0.3 is 5.32 Å². The number of nitrogens with one attached hydrogen (secondary N) is 2. The molecule has 1 atom stereocenters. The molecule has 1 aromatic carbocycles. The summed E-state index contributed by atoms with van der Waals surface area (Å²) in [7, 11) is -3.30. The Morgan fingerprint density at radius 1 is 1.29 bits per heavy atom. The maximum atomic E-state index is 11.4. The van der Waals surface area contributed by atoms with E-state index in [1.165, 1.54) is 10.4 Å². The molecule has 0 bridgehead atoms. The summed E-state index contributed by atoms with van der Waals surface area (Å²) in [6, 6.07) is 9.48. The molecule has 1 heterocycles. The molecule has 1 unspecified atom stereocenters. The molecule has 1 aliphatic carbocycles. The Hall–Kier alpha value is -1.24. The van der Waals surface area contributed by atoms with Crippen LogP contribution in [0.4, 0.5) is 11.4 Å². The van der Waals surface area contributed by atoms with Gasteiger partial charge in [-0.25, -0.2) is 8.42 Å². The van der Waals surface area contributed by atoms with Gasteiger partial charge in [-0.2, -0.15) is 0 Å². The predicted octanol–water partition coefficient (Wildman–Crippen LogP) is 3.87. The molecule has 1 aliphatic rings. The number of anilines is 2. The number of aryl methyl sites for hydroxylation is 1. The molecule has 0 saturated carbocycles. The first-order chi connectivity index (χ1) is 9.92. The zero-order chi connectivity index (χ0) is 15.0. The molecule has 3 rings (SSSR count). The Morgan fingerprint density at radius 3 is 2.71 bits per heavy atom. The molecule has 7 heteroatoms. The van der Waals surface area contributed by atoms with Gasteiger partial charge in [0, 0.05) is 4.88 Å². The first-order valence-corrected chi connectivity index (χ1v) is 9.62. The Morgan fingerprint density at radius 2 is 2.00 bits per heavy atom. The van der Waals surface area contributed by atoms with Crippen LogP contribution >= 0.6 is 22.9 Å². The second-order valence-corrected chi connectivity index (χ2v) is 8.60. The van der Waals surface area contributed by atoms with E-state index in [2.05, 4.69) is 10.0 Å². The fourth-order valence-electron chi connectivity index (χ4n) is 2.57. The third-order valence-corrected chi connectivity index (χ3v) is 5.33. The lowest BCUT2D eigenvalue weighted by atomic mass is 10.1. The van der Waals surface area contributed by atoms with Gasteiger partial charge in [-0.3, -0.25) is 4.72 Å². The minimum Gasteiger partial charge on any atom is -0.376 e. The van der Waals surface area contributed by atoms with Crippen LogP contribution in [0.25, 0.3) is 0 Å². The molecule has 112 valence electrons. The molecular formula is C14H15ClN2O2S2. The van der Waals surface area contributed by atoms with Gasteiger partial charge in [-0.1, -0.05) is 23.7 Å². The summed E-state index contributed by atoms with van der Waals surface area (Å²) in [6.45, 7) is 0. The van der Waals surface area contributed by atoms with Gasteiger partial charge in [0.05, 0.1) is 28.0 Å². The first kappa shape index (κ1) is 14.7. The number of hydrogen-bond acceptors (Lipinski definition) is 4. The number of hydrogen-bond donors (Lipinski definition) is 2. The maximum absolute atomic E-state index is 11.4. The van der Waals surface area contributed by atoms with Crippen LogP contribution in [-0.4, -0.2) is 14.7 Å². The molecule has 0 amide bonds. The van der Waals surface area contributed by atoms with E-state index in [1.807, 2.05) is 18.2 Å². The first-order valence-electron chi connectivity index (χ1n) is 6.54. The molecule has 0 aliphatic heterocycles. The van der Waals surface area contributed by atoms with Crippen molar-refractivity contribution in [1.29, 1.82) is 0 Å². The van der Waals surface area contributed by atoms with Crippen LogP contribution in [0.1, 0.15) is 22.9 Å². The van der Waals surface area contributed by atoms with Gasteiger partial charge >= 0.3 is 0 Å². The molecule has 21 heavy (non-hydrogen) atoms. The van der Waals surface area contributed by atoms with Crippen molar-refractivity contribution >= 4 is 44.3 Å². The van der Waals surface area contributed by atoms with Gasteiger partial charge in [0.25, 0.3) is 0 Å². The largest absolute Gasteiger partial charge is 0.376 e. The molecule has 4 nitrogen and oxygen atoms in total. The second-order valence-electron chi connectivity index (χ2n) is 5.08. The highest BCUT2D eigenvalue weighted by Gasteiger charge is 2.25. The van der Waals surface area contributed by atoms with E-state index in [0.29, 0.717) is 5.69 Å². The van der Waals surface area contributed by atoms with Crippen molar-refractivity contribution in [3.63, 3.8) is 0 Å². The topological polar surface area (TPSA) is 58.2 Å². The summed E-state index contributed by atoms with van der Waals surface area (Å²) in [5, 5.41) is 3.42. The average Bonchev–Trinajstić information content (AvgIpc) is 2.91. The number of thiophene rings is 1. The molecule has 0 radical (unpaired) electrons. The summed E-state index contributed by atoms with van der Waals surface area (Å²) in [5.74, 6) is 0. The predicted molar refractivity (Wildman–Crippen MR) is 88.9 cm³/mol. The van der Waals surface area contributed by atoms with Crippen molar-refractivity contribution in [2.45, 2.75) is 18.9 Å². The molecule has 2 aromatic rings. The second kappa shape index (κ2) is 5.51. The smallest absolute Gasteiger partial charge is 0.229 e.